The van der Waals surface area contributed by atoms with E-state index in [1.54, 1.807) is 18.4 Å². The van der Waals surface area contributed by atoms with Gasteiger partial charge >= 0.3 is 0 Å². The summed E-state index contributed by atoms with van der Waals surface area (Å²) in [6, 6.07) is 10.9. The SMILES string of the molecule is O=C(Nc1cccc(Cl)c1)C1CC1c1ccco1. The molecule has 0 radical (unpaired) electrons. The third-order valence-corrected chi connectivity index (χ3v) is 3.36. The third kappa shape index (κ3) is 2.27. The summed E-state index contributed by atoms with van der Waals surface area (Å²) in [5, 5.41) is 3.49. The van der Waals surface area contributed by atoms with E-state index in [0.29, 0.717) is 5.02 Å². The van der Waals surface area contributed by atoms with Crippen molar-refractivity contribution in [3.05, 3.63) is 53.4 Å². The highest BCUT2D eigenvalue weighted by molar-refractivity contribution is 6.30. The molecule has 1 fully saturated rings. The van der Waals surface area contributed by atoms with E-state index in [9.17, 15) is 4.79 Å². The average Bonchev–Trinajstić information content (AvgIpc) is 2.96. The first kappa shape index (κ1) is 11.4. The van der Waals surface area contributed by atoms with Gasteiger partial charge in [0, 0.05) is 22.5 Å². The summed E-state index contributed by atoms with van der Waals surface area (Å²) in [6.45, 7) is 0. The van der Waals surface area contributed by atoms with Crippen molar-refractivity contribution >= 4 is 23.2 Å². The smallest absolute Gasteiger partial charge is 0.228 e. The molecular formula is C14H12ClNO2. The Labute approximate surface area is 110 Å². The molecule has 0 bridgehead atoms. The second-order valence-corrected chi connectivity index (χ2v) is 4.90. The zero-order valence-corrected chi connectivity index (χ0v) is 10.4. The molecular weight excluding hydrogens is 250 g/mol. The van der Waals surface area contributed by atoms with Crippen LogP contribution in [0.25, 0.3) is 0 Å². The van der Waals surface area contributed by atoms with Crippen LogP contribution in [0.3, 0.4) is 0 Å². The number of halogens is 1. The van der Waals surface area contributed by atoms with Gasteiger partial charge in [0.2, 0.25) is 5.91 Å². The zero-order chi connectivity index (χ0) is 12.5. The summed E-state index contributed by atoms with van der Waals surface area (Å²) < 4.78 is 5.31. The molecule has 92 valence electrons. The maximum atomic E-state index is 12.0. The molecule has 1 N–H and O–H groups in total. The summed E-state index contributed by atoms with van der Waals surface area (Å²) in [5.41, 5.74) is 0.734. The highest BCUT2D eigenvalue weighted by Gasteiger charge is 2.45. The van der Waals surface area contributed by atoms with E-state index >= 15 is 0 Å². The van der Waals surface area contributed by atoms with Gasteiger partial charge in [-0.1, -0.05) is 17.7 Å². The molecule has 1 heterocycles. The Hall–Kier alpha value is -1.74. The van der Waals surface area contributed by atoms with Gasteiger partial charge in [-0.15, -0.1) is 0 Å². The molecule has 3 nitrogen and oxygen atoms in total. The molecule has 1 aliphatic carbocycles. The van der Waals surface area contributed by atoms with E-state index in [0.717, 1.165) is 17.9 Å². The van der Waals surface area contributed by atoms with Crippen LogP contribution in [0.5, 0.6) is 0 Å². The number of amides is 1. The number of anilines is 1. The highest BCUT2D eigenvalue weighted by atomic mass is 35.5. The van der Waals surface area contributed by atoms with Gasteiger partial charge in [-0.2, -0.15) is 0 Å². The Morgan fingerprint density at radius 3 is 2.94 bits per heavy atom. The number of hydrogen-bond donors (Lipinski definition) is 1. The summed E-state index contributed by atoms with van der Waals surface area (Å²) in [5.74, 6) is 1.15. The number of hydrogen-bond acceptors (Lipinski definition) is 2. The summed E-state index contributed by atoms with van der Waals surface area (Å²) in [7, 11) is 0. The fourth-order valence-electron chi connectivity index (χ4n) is 2.10. The van der Waals surface area contributed by atoms with E-state index in [1.165, 1.54) is 0 Å². The van der Waals surface area contributed by atoms with E-state index in [2.05, 4.69) is 5.32 Å². The monoisotopic (exact) mass is 261 g/mol. The molecule has 1 saturated carbocycles. The van der Waals surface area contributed by atoms with Crippen molar-refractivity contribution in [2.75, 3.05) is 5.32 Å². The molecule has 1 amide bonds. The van der Waals surface area contributed by atoms with Gasteiger partial charge in [0.05, 0.1) is 6.26 Å². The van der Waals surface area contributed by atoms with Crippen LogP contribution in [0.4, 0.5) is 5.69 Å². The number of rotatable bonds is 3. The van der Waals surface area contributed by atoms with Crippen molar-refractivity contribution in [2.24, 2.45) is 5.92 Å². The topological polar surface area (TPSA) is 42.2 Å². The van der Waals surface area contributed by atoms with Crippen LogP contribution < -0.4 is 5.32 Å². The van der Waals surface area contributed by atoms with Crippen molar-refractivity contribution in [2.45, 2.75) is 12.3 Å². The standard InChI is InChI=1S/C14H12ClNO2/c15-9-3-1-4-10(7-9)16-14(17)12-8-11(12)13-5-2-6-18-13/h1-7,11-12H,8H2,(H,16,17). The molecule has 1 aromatic carbocycles. The molecule has 0 saturated heterocycles. The number of carbonyl (C=O) groups is 1. The van der Waals surface area contributed by atoms with Crippen LogP contribution in [0.1, 0.15) is 18.1 Å². The van der Waals surface area contributed by atoms with E-state index in [1.807, 2.05) is 24.3 Å². The third-order valence-electron chi connectivity index (χ3n) is 3.13. The normalized spacial score (nSPS) is 21.6. The average molecular weight is 262 g/mol. The van der Waals surface area contributed by atoms with E-state index in [4.69, 9.17) is 16.0 Å². The van der Waals surface area contributed by atoms with Crippen LogP contribution in [0.15, 0.2) is 47.1 Å². The zero-order valence-electron chi connectivity index (χ0n) is 9.60. The molecule has 18 heavy (non-hydrogen) atoms. The second-order valence-electron chi connectivity index (χ2n) is 4.46. The Morgan fingerprint density at radius 1 is 1.33 bits per heavy atom. The maximum Gasteiger partial charge on any atom is 0.228 e. The molecule has 2 atom stereocenters. The predicted octanol–water partition coefficient (Wildman–Crippen LogP) is 3.68. The van der Waals surface area contributed by atoms with Crippen LogP contribution in [-0.4, -0.2) is 5.91 Å². The molecule has 1 aliphatic rings. The minimum atomic E-state index is 0.00938. The quantitative estimate of drug-likeness (QED) is 0.916. The molecule has 2 aromatic rings. The number of carbonyl (C=O) groups excluding carboxylic acids is 1. The lowest BCUT2D eigenvalue weighted by molar-refractivity contribution is -0.117. The molecule has 0 aliphatic heterocycles. The molecule has 3 rings (SSSR count). The van der Waals surface area contributed by atoms with Gasteiger partial charge in [0.15, 0.2) is 0 Å². The number of nitrogens with one attached hydrogen (secondary N) is 1. The van der Waals surface area contributed by atoms with E-state index < -0.39 is 0 Å². The van der Waals surface area contributed by atoms with Gasteiger partial charge in [-0.3, -0.25) is 4.79 Å². The number of furan rings is 1. The Morgan fingerprint density at radius 2 is 2.22 bits per heavy atom. The summed E-state index contributed by atoms with van der Waals surface area (Å²) >= 11 is 5.87. The summed E-state index contributed by atoms with van der Waals surface area (Å²) in [6.07, 6.45) is 2.49. The minimum absolute atomic E-state index is 0.00938. The fourth-order valence-corrected chi connectivity index (χ4v) is 2.29. The first-order chi connectivity index (χ1) is 8.74. The van der Waals surface area contributed by atoms with Gasteiger partial charge in [0.25, 0.3) is 0 Å². The van der Waals surface area contributed by atoms with Gasteiger partial charge in [-0.05, 0) is 36.8 Å². The van der Waals surface area contributed by atoms with Crippen molar-refractivity contribution in [3.63, 3.8) is 0 Å². The fraction of sp³-hybridized carbons (Fsp3) is 0.214. The summed E-state index contributed by atoms with van der Waals surface area (Å²) in [4.78, 5) is 12.0. The van der Waals surface area contributed by atoms with Crippen molar-refractivity contribution in [1.29, 1.82) is 0 Å². The lowest BCUT2D eigenvalue weighted by Gasteiger charge is -2.04. The predicted molar refractivity (Wildman–Crippen MR) is 69.6 cm³/mol. The maximum absolute atomic E-state index is 12.0. The van der Waals surface area contributed by atoms with Gasteiger partial charge < -0.3 is 9.73 Å². The Bertz CT molecular complexity index is 565. The van der Waals surface area contributed by atoms with Crippen molar-refractivity contribution in [1.82, 2.24) is 0 Å². The van der Waals surface area contributed by atoms with Crippen LogP contribution in [0, 0.1) is 5.92 Å². The van der Waals surface area contributed by atoms with E-state index in [-0.39, 0.29) is 17.7 Å². The first-order valence-corrected chi connectivity index (χ1v) is 6.21. The molecule has 2 unspecified atom stereocenters. The van der Waals surface area contributed by atoms with Crippen LogP contribution >= 0.6 is 11.6 Å². The van der Waals surface area contributed by atoms with Gasteiger partial charge in [-0.25, -0.2) is 0 Å². The lowest BCUT2D eigenvalue weighted by atomic mass is 10.2. The van der Waals surface area contributed by atoms with Crippen LogP contribution in [-0.2, 0) is 4.79 Å². The Balaban J connectivity index is 1.64. The van der Waals surface area contributed by atoms with Crippen molar-refractivity contribution in [3.8, 4) is 0 Å². The van der Waals surface area contributed by atoms with Crippen LogP contribution in [0.2, 0.25) is 5.02 Å². The van der Waals surface area contributed by atoms with Gasteiger partial charge in [0.1, 0.15) is 5.76 Å². The number of benzene rings is 1. The minimum Gasteiger partial charge on any atom is -0.469 e. The Kier molecular flexibility index (Phi) is 2.84. The lowest BCUT2D eigenvalue weighted by Crippen LogP contribution is -2.14. The van der Waals surface area contributed by atoms with Crippen molar-refractivity contribution < 1.29 is 9.21 Å². The molecule has 0 spiro atoms. The molecule has 1 aromatic heterocycles. The first-order valence-electron chi connectivity index (χ1n) is 5.84. The molecule has 4 heteroatoms. The largest absolute Gasteiger partial charge is 0.469 e. The highest BCUT2D eigenvalue weighted by Crippen LogP contribution is 2.48. The second kappa shape index (κ2) is 4.50.